The number of pyridine rings is 1. The average Bonchev–Trinajstić information content (AvgIpc) is 2.40. The van der Waals surface area contributed by atoms with E-state index in [0.29, 0.717) is 6.20 Å². The van der Waals surface area contributed by atoms with Gasteiger partial charge < -0.3 is 9.64 Å². The quantitative estimate of drug-likeness (QED) is 0.761. The lowest BCUT2D eigenvalue weighted by Gasteiger charge is -2.39. The first-order valence-corrected chi connectivity index (χ1v) is 8.70. The topological polar surface area (TPSA) is 79.8 Å². The van der Waals surface area contributed by atoms with Crippen molar-refractivity contribution in [1.82, 2.24) is 14.2 Å². The van der Waals surface area contributed by atoms with Gasteiger partial charge in [0.25, 0.3) is 0 Å². The molecule has 0 radical (unpaired) electrons. The number of carbonyl (C=O) groups is 1. The fraction of sp³-hybridized carbons (Fsp3) is 0.538. The van der Waals surface area contributed by atoms with E-state index in [0.717, 1.165) is 22.7 Å². The number of halogens is 3. The fourth-order valence-electron chi connectivity index (χ4n) is 1.91. The molecule has 1 amide bonds. The number of carbonyl (C=O) groups excluding carboxylic acids is 1. The van der Waals surface area contributed by atoms with Crippen LogP contribution in [0.25, 0.3) is 0 Å². The highest BCUT2D eigenvalue weighted by Gasteiger charge is 2.34. The van der Waals surface area contributed by atoms with Crippen LogP contribution in [0.4, 0.5) is 13.2 Å². The second-order valence-electron chi connectivity index (χ2n) is 5.44. The molecule has 7 nitrogen and oxygen atoms in total. The number of amides is 1. The highest BCUT2D eigenvalue weighted by Crippen LogP contribution is 2.29. The Morgan fingerprint density at radius 2 is 2.04 bits per heavy atom. The minimum atomic E-state index is -4.46. The van der Waals surface area contributed by atoms with Gasteiger partial charge in [-0.25, -0.2) is 13.4 Å². The summed E-state index contributed by atoms with van der Waals surface area (Å²) in [7, 11) is -2.14. The van der Waals surface area contributed by atoms with Gasteiger partial charge in [0, 0.05) is 19.3 Å². The monoisotopic (exact) mass is 367 g/mol. The summed E-state index contributed by atoms with van der Waals surface area (Å²) in [5.41, 5.74) is -0.871. The van der Waals surface area contributed by atoms with Crippen LogP contribution in [0, 0.1) is 0 Å². The van der Waals surface area contributed by atoms with Gasteiger partial charge in [0.2, 0.25) is 21.8 Å². The number of sulfonamides is 1. The lowest BCUT2D eigenvalue weighted by atomic mass is 10.1. The van der Waals surface area contributed by atoms with E-state index >= 15 is 0 Å². The van der Waals surface area contributed by atoms with E-state index in [9.17, 15) is 26.4 Å². The molecule has 1 aliphatic heterocycles. The molecule has 0 aromatic carbocycles. The van der Waals surface area contributed by atoms with Crippen molar-refractivity contribution in [2.75, 3.05) is 32.9 Å². The van der Waals surface area contributed by atoms with Crippen LogP contribution in [0.1, 0.15) is 5.56 Å². The normalized spacial score (nSPS) is 16.2. The van der Waals surface area contributed by atoms with Gasteiger partial charge in [-0.2, -0.15) is 17.5 Å². The summed E-state index contributed by atoms with van der Waals surface area (Å²) < 4.78 is 66.0. The van der Waals surface area contributed by atoms with Crippen LogP contribution >= 0.6 is 0 Å². The van der Waals surface area contributed by atoms with Gasteiger partial charge in [-0.05, 0) is 6.07 Å². The summed E-state index contributed by atoms with van der Waals surface area (Å²) in [5.74, 6) is -0.337. The van der Waals surface area contributed by atoms with Crippen LogP contribution < -0.4 is 4.74 Å². The van der Waals surface area contributed by atoms with E-state index in [1.54, 1.807) is 0 Å². The molecular weight excluding hydrogens is 351 g/mol. The number of rotatable bonds is 5. The molecule has 134 valence electrons. The molecule has 1 saturated heterocycles. The first-order valence-electron chi connectivity index (χ1n) is 6.86. The van der Waals surface area contributed by atoms with Crippen molar-refractivity contribution < 1.29 is 31.1 Å². The molecule has 11 heteroatoms. The summed E-state index contributed by atoms with van der Waals surface area (Å²) >= 11 is 0. The lowest BCUT2D eigenvalue weighted by molar-refractivity contribution is -0.140. The Morgan fingerprint density at radius 3 is 2.50 bits per heavy atom. The van der Waals surface area contributed by atoms with Crippen LogP contribution in [0.3, 0.4) is 0 Å². The Hall–Kier alpha value is -1.88. The standard InChI is InChI=1S/C13H16F3N3O4S/c1-18(24(2,21)22)8-12(20)19-6-10(7-19)23-11-4-3-9(5-17-11)13(14,15)16/h3-5,10H,6-8H2,1-2H3. The summed E-state index contributed by atoms with van der Waals surface area (Å²) in [5, 5.41) is 0. The number of ether oxygens (including phenoxy) is 1. The third-order valence-corrected chi connectivity index (χ3v) is 4.74. The van der Waals surface area contributed by atoms with Crippen LogP contribution in [-0.2, 0) is 21.0 Å². The van der Waals surface area contributed by atoms with Crippen molar-refractivity contribution in [2.45, 2.75) is 12.3 Å². The molecule has 0 unspecified atom stereocenters. The highest BCUT2D eigenvalue weighted by molar-refractivity contribution is 7.88. The minimum absolute atomic E-state index is 0.0355. The van der Waals surface area contributed by atoms with Gasteiger partial charge in [-0.3, -0.25) is 4.79 Å². The van der Waals surface area contributed by atoms with E-state index < -0.39 is 21.8 Å². The molecule has 1 aromatic heterocycles. The van der Waals surface area contributed by atoms with E-state index in [1.807, 2.05) is 0 Å². The Balaban J connectivity index is 1.82. The van der Waals surface area contributed by atoms with Gasteiger partial charge in [-0.1, -0.05) is 0 Å². The summed E-state index contributed by atoms with van der Waals surface area (Å²) in [4.78, 5) is 16.8. The SMILES string of the molecule is CN(CC(=O)N1CC(Oc2ccc(C(F)(F)F)cn2)C1)S(C)(=O)=O. The Morgan fingerprint density at radius 1 is 1.42 bits per heavy atom. The smallest absolute Gasteiger partial charge is 0.417 e. The summed E-state index contributed by atoms with van der Waals surface area (Å²) in [6.07, 6.45) is -3.17. The maximum Gasteiger partial charge on any atom is 0.417 e. The average molecular weight is 367 g/mol. The van der Waals surface area contributed by atoms with Crippen LogP contribution in [0.5, 0.6) is 5.88 Å². The highest BCUT2D eigenvalue weighted by atomic mass is 32.2. The Kier molecular flexibility index (Phi) is 5.04. The molecule has 0 saturated carbocycles. The third-order valence-electron chi connectivity index (χ3n) is 3.48. The molecule has 24 heavy (non-hydrogen) atoms. The predicted octanol–water partition coefficient (Wildman–Crippen LogP) is 0.581. The predicted molar refractivity (Wildman–Crippen MR) is 77.7 cm³/mol. The Bertz CT molecular complexity index is 700. The molecule has 2 rings (SSSR count). The van der Waals surface area contributed by atoms with Crippen LogP contribution in [0.15, 0.2) is 18.3 Å². The summed E-state index contributed by atoms with van der Waals surface area (Å²) in [6, 6.07) is 1.98. The van der Waals surface area contributed by atoms with Gasteiger partial charge in [-0.15, -0.1) is 0 Å². The molecule has 0 atom stereocenters. The maximum absolute atomic E-state index is 12.4. The van der Waals surface area contributed by atoms with E-state index in [4.69, 9.17) is 4.74 Å². The maximum atomic E-state index is 12.4. The number of alkyl halides is 3. The van der Waals surface area contributed by atoms with E-state index in [1.165, 1.54) is 11.9 Å². The molecule has 0 bridgehead atoms. The molecular formula is C13H16F3N3O4S. The molecule has 1 fully saturated rings. The second-order valence-corrected chi connectivity index (χ2v) is 7.53. The molecule has 0 spiro atoms. The minimum Gasteiger partial charge on any atom is -0.471 e. The number of likely N-dealkylation sites (tertiary alicyclic amines) is 1. The van der Waals surface area contributed by atoms with Gasteiger partial charge in [0.15, 0.2) is 0 Å². The van der Waals surface area contributed by atoms with Gasteiger partial charge >= 0.3 is 6.18 Å². The van der Waals surface area contributed by atoms with E-state index in [2.05, 4.69) is 4.98 Å². The molecule has 0 aliphatic carbocycles. The largest absolute Gasteiger partial charge is 0.471 e. The van der Waals surface area contributed by atoms with Gasteiger partial charge in [0.05, 0.1) is 31.5 Å². The van der Waals surface area contributed by atoms with Crippen molar-refractivity contribution in [3.05, 3.63) is 23.9 Å². The zero-order chi connectivity index (χ0) is 18.1. The van der Waals surface area contributed by atoms with Crippen molar-refractivity contribution in [3.63, 3.8) is 0 Å². The van der Waals surface area contributed by atoms with Crippen molar-refractivity contribution in [3.8, 4) is 5.88 Å². The molecule has 1 aromatic rings. The van der Waals surface area contributed by atoms with E-state index in [-0.39, 0.29) is 37.5 Å². The van der Waals surface area contributed by atoms with Crippen LogP contribution in [-0.4, -0.2) is 67.6 Å². The zero-order valence-electron chi connectivity index (χ0n) is 12.9. The van der Waals surface area contributed by atoms with Gasteiger partial charge in [0.1, 0.15) is 6.10 Å². The zero-order valence-corrected chi connectivity index (χ0v) is 13.8. The first kappa shape index (κ1) is 18.5. The lowest BCUT2D eigenvalue weighted by Crippen LogP contribution is -2.58. The molecule has 0 N–H and O–H groups in total. The number of aromatic nitrogens is 1. The van der Waals surface area contributed by atoms with Crippen LogP contribution in [0.2, 0.25) is 0 Å². The molecule has 1 aliphatic rings. The third kappa shape index (κ3) is 4.57. The first-order chi connectivity index (χ1) is 11.0. The summed E-state index contributed by atoms with van der Waals surface area (Å²) in [6.45, 7) is 0.169. The number of likely N-dealkylation sites (N-methyl/N-ethyl adjacent to an activating group) is 1. The second kappa shape index (κ2) is 6.55. The number of hydrogen-bond acceptors (Lipinski definition) is 5. The number of hydrogen-bond donors (Lipinski definition) is 0. The van der Waals surface area contributed by atoms with Crippen molar-refractivity contribution in [1.29, 1.82) is 0 Å². The fourth-order valence-corrected chi connectivity index (χ4v) is 2.26. The number of nitrogens with zero attached hydrogens (tertiary/aromatic N) is 3. The Labute approximate surface area is 137 Å². The van der Waals surface area contributed by atoms with Crippen molar-refractivity contribution in [2.24, 2.45) is 0 Å². The van der Waals surface area contributed by atoms with Crippen molar-refractivity contribution >= 4 is 15.9 Å². The molecule has 2 heterocycles.